The summed E-state index contributed by atoms with van der Waals surface area (Å²) in [6.45, 7) is 11.5. The molecule has 0 aliphatic heterocycles. The monoisotopic (exact) mass is 187 g/mol. The van der Waals surface area contributed by atoms with E-state index in [0.29, 0.717) is 5.41 Å². The van der Waals surface area contributed by atoms with Crippen molar-refractivity contribution in [2.24, 2.45) is 11.1 Å². The minimum absolute atomic E-state index is 0.336. The van der Waals surface area contributed by atoms with E-state index in [0.717, 1.165) is 25.9 Å². The number of ether oxygens (including phenoxy) is 1. The maximum Gasteiger partial charge on any atom is 0.113 e. The fraction of sp³-hybridized carbons (Fsp3) is 1.00. The third kappa shape index (κ3) is 8.26. The van der Waals surface area contributed by atoms with Gasteiger partial charge in [0, 0.05) is 6.61 Å². The van der Waals surface area contributed by atoms with Gasteiger partial charge >= 0.3 is 0 Å². The summed E-state index contributed by atoms with van der Waals surface area (Å²) in [6, 6.07) is 0. The fourth-order valence-corrected chi connectivity index (χ4v) is 1.16. The van der Waals surface area contributed by atoms with Gasteiger partial charge in [0.2, 0.25) is 0 Å². The molecule has 0 aromatic heterocycles. The molecule has 2 nitrogen and oxygen atoms in total. The first-order chi connectivity index (χ1) is 5.77. The van der Waals surface area contributed by atoms with Crippen LogP contribution in [0.25, 0.3) is 0 Å². The average Bonchev–Trinajstić information content (AvgIpc) is 1.82. The van der Waals surface area contributed by atoms with Crippen LogP contribution in [-0.2, 0) is 4.74 Å². The molecule has 0 bridgehead atoms. The quantitative estimate of drug-likeness (QED) is 0.672. The molecular formula is C11H25NO. The highest BCUT2D eigenvalue weighted by molar-refractivity contribution is 4.67. The van der Waals surface area contributed by atoms with Crippen LogP contribution < -0.4 is 5.73 Å². The van der Waals surface area contributed by atoms with Gasteiger partial charge in [-0.15, -0.1) is 0 Å². The topological polar surface area (TPSA) is 35.2 Å². The Balaban J connectivity index is 3.63. The lowest BCUT2D eigenvalue weighted by Crippen LogP contribution is -2.39. The zero-order valence-corrected chi connectivity index (χ0v) is 9.81. The normalized spacial score (nSPS) is 17.1. The highest BCUT2D eigenvalue weighted by Gasteiger charge is 2.18. The zero-order chi connectivity index (χ0) is 10.5. The van der Waals surface area contributed by atoms with Crippen molar-refractivity contribution in [2.75, 3.05) is 6.61 Å². The molecule has 0 fully saturated rings. The molecular weight excluding hydrogens is 162 g/mol. The summed E-state index contributed by atoms with van der Waals surface area (Å²) in [5, 5.41) is 0. The lowest BCUT2D eigenvalue weighted by atomic mass is 9.93. The molecule has 0 saturated carbocycles. The third-order valence-electron chi connectivity index (χ3n) is 2.03. The van der Waals surface area contributed by atoms with Crippen LogP contribution in [0.3, 0.4) is 0 Å². The highest BCUT2D eigenvalue weighted by atomic mass is 16.5. The zero-order valence-electron chi connectivity index (χ0n) is 9.81. The van der Waals surface area contributed by atoms with Crippen molar-refractivity contribution in [1.29, 1.82) is 0 Å². The molecule has 0 aliphatic carbocycles. The number of hydrogen-bond acceptors (Lipinski definition) is 2. The van der Waals surface area contributed by atoms with E-state index in [2.05, 4.69) is 27.7 Å². The van der Waals surface area contributed by atoms with Crippen LogP contribution >= 0.6 is 0 Å². The van der Waals surface area contributed by atoms with E-state index in [9.17, 15) is 0 Å². The van der Waals surface area contributed by atoms with Crippen LogP contribution in [0, 0.1) is 5.41 Å². The van der Waals surface area contributed by atoms with Crippen molar-refractivity contribution in [3.8, 4) is 0 Å². The van der Waals surface area contributed by atoms with Crippen LogP contribution in [0.4, 0.5) is 0 Å². The minimum Gasteiger partial charge on any atom is -0.361 e. The maximum atomic E-state index is 5.93. The van der Waals surface area contributed by atoms with Gasteiger partial charge in [0.05, 0.1) is 0 Å². The van der Waals surface area contributed by atoms with E-state index in [1.807, 2.05) is 6.92 Å². The summed E-state index contributed by atoms with van der Waals surface area (Å²) in [5.74, 6) is 0. The molecule has 0 aromatic carbocycles. The van der Waals surface area contributed by atoms with E-state index in [1.165, 1.54) is 0 Å². The summed E-state index contributed by atoms with van der Waals surface area (Å²) >= 11 is 0. The van der Waals surface area contributed by atoms with Crippen LogP contribution in [0.15, 0.2) is 0 Å². The van der Waals surface area contributed by atoms with E-state index in [1.54, 1.807) is 0 Å². The first kappa shape index (κ1) is 12.9. The second-order valence-electron chi connectivity index (χ2n) is 5.22. The van der Waals surface area contributed by atoms with Gasteiger partial charge in [-0.3, -0.25) is 0 Å². The first-order valence-electron chi connectivity index (χ1n) is 5.20. The molecule has 0 heterocycles. The predicted octanol–water partition coefficient (Wildman–Crippen LogP) is 2.91. The number of rotatable bonds is 5. The van der Waals surface area contributed by atoms with Crippen LogP contribution in [-0.4, -0.2) is 12.3 Å². The van der Waals surface area contributed by atoms with Crippen molar-refractivity contribution in [3.63, 3.8) is 0 Å². The van der Waals surface area contributed by atoms with Gasteiger partial charge in [0.1, 0.15) is 5.72 Å². The highest BCUT2D eigenvalue weighted by Crippen LogP contribution is 2.20. The van der Waals surface area contributed by atoms with Gasteiger partial charge in [0.15, 0.2) is 0 Å². The molecule has 1 unspecified atom stereocenters. The standard InChI is InChI=1S/C11H25NO/c1-6-7-11(5,12)13-9-8-10(2,3)4/h6-9,12H2,1-5H3. The van der Waals surface area contributed by atoms with E-state index in [4.69, 9.17) is 10.5 Å². The molecule has 0 saturated heterocycles. The first-order valence-corrected chi connectivity index (χ1v) is 5.20. The predicted molar refractivity (Wildman–Crippen MR) is 57.5 cm³/mol. The molecule has 2 N–H and O–H groups in total. The largest absolute Gasteiger partial charge is 0.361 e. The van der Waals surface area contributed by atoms with Crippen molar-refractivity contribution >= 4 is 0 Å². The van der Waals surface area contributed by atoms with Crippen LogP contribution in [0.2, 0.25) is 0 Å². The van der Waals surface area contributed by atoms with Crippen molar-refractivity contribution < 1.29 is 4.74 Å². The van der Waals surface area contributed by atoms with E-state index >= 15 is 0 Å². The molecule has 0 aliphatic rings. The SMILES string of the molecule is CCCC(C)(N)OCCC(C)(C)C. The molecule has 13 heavy (non-hydrogen) atoms. The Kier molecular flexibility index (Phi) is 4.93. The molecule has 2 heteroatoms. The molecule has 0 rings (SSSR count). The Labute approximate surface area is 82.8 Å². The Morgan fingerprint density at radius 1 is 1.08 bits per heavy atom. The Bertz CT molecular complexity index is 136. The Morgan fingerprint density at radius 3 is 2.00 bits per heavy atom. The van der Waals surface area contributed by atoms with Crippen molar-refractivity contribution in [1.82, 2.24) is 0 Å². The number of hydrogen-bond donors (Lipinski definition) is 1. The van der Waals surface area contributed by atoms with Gasteiger partial charge in [-0.25, -0.2) is 0 Å². The summed E-state index contributed by atoms with van der Waals surface area (Å²) in [6.07, 6.45) is 3.06. The van der Waals surface area contributed by atoms with E-state index < -0.39 is 5.72 Å². The Hall–Kier alpha value is -0.0800. The molecule has 80 valence electrons. The summed E-state index contributed by atoms with van der Waals surface area (Å²) in [4.78, 5) is 0. The Morgan fingerprint density at radius 2 is 1.62 bits per heavy atom. The molecule has 1 atom stereocenters. The molecule has 0 spiro atoms. The smallest absolute Gasteiger partial charge is 0.113 e. The van der Waals surface area contributed by atoms with Gasteiger partial charge in [-0.2, -0.15) is 0 Å². The van der Waals surface area contributed by atoms with E-state index in [-0.39, 0.29) is 0 Å². The van der Waals surface area contributed by atoms with Crippen molar-refractivity contribution in [3.05, 3.63) is 0 Å². The molecule has 0 aromatic rings. The van der Waals surface area contributed by atoms with Crippen LogP contribution in [0.1, 0.15) is 53.9 Å². The fourth-order valence-electron chi connectivity index (χ4n) is 1.16. The van der Waals surface area contributed by atoms with Gasteiger partial charge in [-0.1, -0.05) is 34.1 Å². The van der Waals surface area contributed by atoms with Gasteiger partial charge < -0.3 is 10.5 Å². The third-order valence-corrected chi connectivity index (χ3v) is 2.03. The lowest BCUT2D eigenvalue weighted by molar-refractivity contribution is -0.0424. The summed E-state index contributed by atoms with van der Waals surface area (Å²) < 4.78 is 5.62. The summed E-state index contributed by atoms with van der Waals surface area (Å²) in [5.41, 5.74) is 5.84. The van der Waals surface area contributed by atoms with Crippen molar-refractivity contribution in [2.45, 2.75) is 59.6 Å². The van der Waals surface area contributed by atoms with Gasteiger partial charge in [0.25, 0.3) is 0 Å². The molecule has 0 amide bonds. The second kappa shape index (κ2) is 4.97. The summed E-state index contributed by atoms with van der Waals surface area (Å²) in [7, 11) is 0. The molecule has 0 radical (unpaired) electrons. The average molecular weight is 187 g/mol. The second-order valence-corrected chi connectivity index (χ2v) is 5.22. The maximum absolute atomic E-state index is 5.93. The number of nitrogens with two attached hydrogens (primary N) is 1. The lowest BCUT2D eigenvalue weighted by Gasteiger charge is -2.27. The minimum atomic E-state index is -0.431. The van der Waals surface area contributed by atoms with Gasteiger partial charge in [-0.05, 0) is 25.2 Å². The van der Waals surface area contributed by atoms with Crippen LogP contribution in [0.5, 0.6) is 0 Å².